The lowest BCUT2D eigenvalue weighted by Crippen LogP contribution is -2.06. The second-order valence-corrected chi connectivity index (χ2v) is 4.79. The summed E-state index contributed by atoms with van der Waals surface area (Å²) in [5.41, 5.74) is 7.61. The van der Waals surface area contributed by atoms with E-state index in [1.807, 2.05) is 32.0 Å². The van der Waals surface area contributed by atoms with E-state index in [-0.39, 0.29) is 6.79 Å². The minimum absolute atomic E-state index is 0.265. The summed E-state index contributed by atoms with van der Waals surface area (Å²) in [7, 11) is 0. The Morgan fingerprint density at radius 1 is 1.24 bits per heavy atom. The number of benzene rings is 1. The zero-order valence-corrected chi connectivity index (χ0v) is 12.0. The van der Waals surface area contributed by atoms with Crippen LogP contribution < -0.4 is 19.9 Å². The number of hydrogen-bond acceptors (Lipinski definition) is 6. The van der Waals surface area contributed by atoms with Gasteiger partial charge in [-0.2, -0.15) is 4.98 Å². The van der Waals surface area contributed by atoms with E-state index in [4.69, 9.17) is 19.9 Å². The van der Waals surface area contributed by atoms with Gasteiger partial charge in [-0.05, 0) is 24.6 Å². The first-order valence-corrected chi connectivity index (χ1v) is 6.81. The van der Waals surface area contributed by atoms with Crippen LogP contribution in [0.1, 0.15) is 23.9 Å². The predicted molar refractivity (Wildman–Crippen MR) is 77.5 cm³/mol. The molecule has 21 heavy (non-hydrogen) atoms. The van der Waals surface area contributed by atoms with Crippen LogP contribution in [0.2, 0.25) is 0 Å². The van der Waals surface area contributed by atoms with Gasteiger partial charge in [-0.15, -0.1) is 0 Å². The lowest BCUT2D eigenvalue weighted by atomic mass is 10.2. The maximum atomic E-state index is 5.87. The van der Waals surface area contributed by atoms with Crippen molar-refractivity contribution in [2.75, 3.05) is 12.5 Å². The molecule has 6 heteroatoms. The summed E-state index contributed by atoms with van der Waals surface area (Å²) in [6, 6.07) is 5.72. The molecule has 0 bridgehead atoms. The molecule has 0 spiro atoms. The maximum absolute atomic E-state index is 5.87. The molecule has 1 aliphatic rings. The topological polar surface area (TPSA) is 79.5 Å². The van der Waals surface area contributed by atoms with E-state index in [2.05, 4.69) is 9.97 Å². The molecule has 2 N–H and O–H groups in total. The molecule has 0 radical (unpaired) electrons. The SMILES string of the molecule is CCc1nc(N)c(C)c(OCc2ccc3c(c2)OCO3)n1. The van der Waals surface area contributed by atoms with Gasteiger partial charge in [0, 0.05) is 6.42 Å². The van der Waals surface area contributed by atoms with E-state index in [1.54, 1.807) is 0 Å². The number of ether oxygens (including phenoxy) is 3. The molecule has 0 saturated heterocycles. The van der Waals surface area contributed by atoms with E-state index in [1.165, 1.54) is 0 Å². The van der Waals surface area contributed by atoms with Crippen molar-refractivity contribution in [2.24, 2.45) is 0 Å². The quantitative estimate of drug-likeness (QED) is 0.929. The maximum Gasteiger partial charge on any atom is 0.231 e. The molecule has 3 rings (SSSR count). The first-order chi connectivity index (χ1) is 10.2. The molecule has 6 nitrogen and oxygen atoms in total. The highest BCUT2D eigenvalue weighted by Crippen LogP contribution is 2.32. The molecule has 0 unspecified atom stereocenters. The highest BCUT2D eigenvalue weighted by Gasteiger charge is 2.14. The van der Waals surface area contributed by atoms with Gasteiger partial charge in [0.05, 0.1) is 5.56 Å². The fraction of sp³-hybridized carbons (Fsp3) is 0.333. The number of aromatic nitrogens is 2. The monoisotopic (exact) mass is 287 g/mol. The summed E-state index contributed by atoms with van der Waals surface area (Å²) in [4.78, 5) is 8.57. The lowest BCUT2D eigenvalue weighted by Gasteiger charge is -2.11. The van der Waals surface area contributed by atoms with Gasteiger partial charge in [-0.1, -0.05) is 13.0 Å². The van der Waals surface area contributed by atoms with Crippen LogP contribution >= 0.6 is 0 Å². The number of hydrogen-bond donors (Lipinski definition) is 1. The van der Waals surface area contributed by atoms with Gasteiger partial charge in [0.25, 0.3) is 0 Å². The third kappa shape index (κ3) is 2.69. The average Bonchev–Trinajstić information content (AvgIpc) is 2.96. The zero-order chi connectivity index (χ0) is 14.8. The summed E-state index contributed by atoms with van der Waals surface area (Å²) >= 11 is 0. The molecule has 2 aromatic rings. The standard InChI is InChI=1S/C15H17N3O3/c1-3-13-17-14(16)9(2)15(18-13)19-7-10-4-5-11-12(6-10)21-8-20-11/h4-6H,3,7-8H2,1-2H3,(H2,16,17,18). The van der Waals surface area contributed by atoms with Crippen molar-refractivity contribution in [3.05, 3.63) is 35.2 Å². The summed E-state index contributed by atoms with van der Waals surface area (Å²) in [6.45, 7) is 4.48. The average molecular weight is 287 g/mol. The Balaban J connectivity index is 1.77. The van der Waals surface area contributed by atoms with E-state index >= 15 is 0 Å². The minimum atomic E-state index is 0.265. The molecule has 1 aliphatic heterocycles. The van der Waals surface area contributed by atoms with Gasteiger partial charge < -0.3 is 19.9 Å². The van der Waals surface area contributed by atoms with Crippen LogP contribution in [0.4, 0.5) is 5.82 Å². The van der Waals surface area contributed by atoms with E-state index in [0.29, 0.717) is 30.5 Å². The Morgan fingerprint density at radius 2 is 2.05 bits per heavy atom. The van der Waals surface area contributed by atoms with Crippen molar-refractivity contribution in [1.29, 1.82) is 0 Å². The summed E-state index contributed by atoms with van der Waals surface area (Å²) in [6.07, 6.45) is 0.713. The van der Waals surface area contributed by atoms with Crippen molar-refractivity contribution in [3.8, 4) is 17.4 Å². The predicted octanol–water partition coefficient (Wildman–Crippen LogP) is 2.24. The van der Waals surface area contributed by atoms with E-state index in [9.17, 15) is 0 Å². The lowest BCUT2D eigenvalue weighted by molar-refractivity contribution is 0.174. The Hall–Kier alpha value is -2.50. The molecule has 0 aliphatic carbocycles. The van der Waals surface area contributed by atoms with Crippen molar-refractivity contribution < 1.29 is 14.2 Å². The number of aryl methyl sites for hydroxylation is 1. The Morgan fingerprint density at radius 3 is 2.86 bits per heavy atom. The molecular weight excluding hydrogens is 270 g/mol. The Bertz CT molecular complexity index is 673. The van der Waals surface area contributed by atoms with Crippen LogP contribution in [0, 0.1) is 6.92 Å². The van der Waals surface area contributed by atoms with Gasteiger partial charge in [0.15, 0.2) is 11.5 Å². The van der Waals surface area contributed by atoms with Crippen LogP contribution in [-0.2, 0) is 13.0 Å². The summed E-state index contributed by atoms with van der Waals surface area (Å²) in [5.74, 6) is 3.16. The number of anilines is 1. The second kappa shape index (κ2) is 5.47. The first-order valence-electron chi connectivity index (χ1n) is 6.81. The molecule has 0 atom stereocenters. The number of fused-ring (bicyclic) bond motifs is 1. The van der Waals surface area contributed by atoms with Gasteiger partial charge in [-0.25, -0.2) is 4.98 Å². The molecule has 0 saturated carbocycles. The first kappa shape index (κ1) is 13.5. The highest BCUT2D eigenvalue weighted by atomic mass is 16.7. The zero-order valence-electron chi connectivity index (χ0n) is 12.0. The van der Waals surface area contributed by atoms with Gasteiger partial charge in [0.1, 0.15) is 18.2 Å². The Kier molecular flexibility index (Phi) is 3.51. The van der Waals surface area contributed by atoms with Crippen LogP contribution in [-0.4, -0.2) is 16.8 Å². The Labute approximate surface area is 122 Å². The normalized spacial score (nSPS) is 12.5. The molecule has 1 aromatic carbocycles. The fourth-order valence-electron chi connectivity index (χ4n) is 2.04. The van der Waals surface area contributed by atoms with Crippen molar-refractivity contribution in [2.45, 2.75) is 26.9 Å². The van der Waals surface area contributed by atoms with Gasteiger partial charge >= 0.3 is 0 Å². The van der Waals surface area contributed by atoms with Gasteiger partial charge in [-0.3, -0.25) is 0 Å². The van der Waals surface area contributed by atoms with E-state index < -0.39 is 0 Å². The van der Waals surface area contributed by atoms with E-state index in [0.717, 1.165) is 22.6 Å². The third-order valence-electron chi connectivity index (χ3n) is 3.31. The second-order valence-electron chi connectivity index (χ2n) is 4.79. The molecule has 2 heterocycles. The van der Waals surface area contributed by atoms with Crippen molar-refractivity contribution in [1.82, 2.24) is 9.97 Å². The summed E-state index contributed by atoms with van der Waals surface area (Å²) in [5, 5.41) is 0. The third-order valence-corrected chi connectivity index (χ3v) is 3.31. The van der Waals surface area contributed by atoms with Crippen molar-refractivity contribution in [3.63, 3.8) is 0 Å². The van der Waals surface area contributed by atoms with Gasteiger partial charge in [0.2, 0.25) is 12.7 Å². The van der Waals surface area contributed by atoms with Crippen LogP contribution in [0.3, 0.4) is 0 Å². The van der Waals surface area contributed by atoms with Crippen LogP contribution in [0.25, 0.3) is 0 Å². The van der Waals surface area contributed by atoms with Crippen molar-refractivity contribution >= 4 is 5.82 Å². The smallest absolute Gasteiger partial charge is 0.231 e. The largest absolute Gasteiger partial charge is 0.472 e. The molecule has 110 valence electrons. The molecule has 0 amide bonds. The number of nitrogens with two attached hydrogens (primary N) is 1. The fourth-order valence-corrected chi connectivity index (χ4v) is 2.04. The highest BCUT2D eigenvalue weighted by molar-refractivity contribution is 5.46. The summed E-state index contributed by atoms with van der Waals surface area (Å²) < 4.78 is 16.4. The number of nitrogen functional groups attached to an aromatic ring is 1. The molecular formula is C15H17N3O3. The van der Waals surface area contributed by atoms with Crippen LogP contribution in [0.15, 0.2) is 18.2 Å². The minimum Gasteiger partial charge on any atom is -0.472 e. The number of nitrogens with zero attached hydrogens (tertiary/aromatic N) is 2. The molecule has 0 fully saturated rings. The number of rotatable bonds is 4. The molecule has 1 aromatic heterocycles. The van der Waals surface area contributed by atoms with Crippen LogP contribution in [0.5, 0.6) is 17.4 Å².